The number of hydrogen-bond acceptors (Lipinski definition) is 8. The largest absolute Gasteiger partial charge is 0.489 e. The minimum atomic E-state index is -0.610. The Balaban J connectivity index is 1.65. The number of nitrogens with one attached hydrogen (secondary N) is 1. The molecular weight excluding hydrogens is 426 g/mol. The molecule has 0 aliphatic heterocycles. The van der Waals surface area contributed by atoms with E-state index in [-0.39, 0.29) is 11.4 Å². The number of ether oxygens (including phenoxy) is 1. The molecule has 0 saturated carbocycles. The van der Waals surface area contributed by atoms with Gasteiger partial charge in [-0.25, -0.2) is 4.98 Å². The summed E-state index contributed by atoms with van der Waals surface area (Å²) in [5.41, 5.74) is 2.76. The predicted octanol–water partition coefficient (Wildman–Crippen LogP) is 2.07. The molecular formula is C22H23N7O4. The quantitative estimate of drug-likeness (QED) is 0.455. The van der Waals surface area contributed by atoms with Gasteiger partial charge in [0.2, 0.25) is 11.7 Å². The number of rotatable bonds is 7. The molecule has 0 fully saturated rings. The van der Waals surface area contributed by atoms with Gasteiger partial charge in [-0.2, -0.15) is 5.10 Å². The Bertz CT molecular complexity index is 1340. The molecule has 0 aliphatic rings. The summed E-state index contributed by atoms with van der Waals surface area (Å²) in [7, 11) is 6.57. The SMILES string of the molecule is COc1c(C(=O)Nc2cnoc2)nc(N(C)Cc2cccc(-c3cnn(C)c3)c2)n(C)c1=O. The summed E-state index contributed by atoms with van der Waals surface area (Å²) >= 11 is 0. The van der Waals surface area contributed by atoms with Crippen LogP contribution in [0.15, 0.2) is 58.4 Å². The Morgan fingerprint density at radius 1 is 1.24 bits per heavy atom. The van der Waals surface area contributed by atoms with Gasteiger partial charge in [-0.3, -0.25) is 18.8 Å². The van der Waals surface area contributed by atoms with Crippen molar-refractivity contribution in [2.75, 3.05) is 24.4 Å². The molecule has 170 valence electrons. The van der Waals surface area contributed by atoms with Crippen LogP contribution in [0.2, 0.25) is 0 Å². The van der Waals surface area contributed by atoms with Crippen molar-refractivity contribution in [1.82, 2.24) is 24.5 Å². The van der Waals surface area contributed by atoms with Gasteiger partial charge in [0, 0.05) is 39.4 Å². The standard InChI is InChI=1S/C22H23N7O4/c1-27(11-14-6-5-7-15(8-14)16-9-23-28(2)12-16)22-26-18(19(32-4)21(31)29(22)3)20(30)25-17-10-24-33-13-17/h5-10,12-13H,11H2,1-4H3,(H,25,30). The first-order chi connectivity index (χ1) is 15.9. The second-order valence-corrected chi connectivity index (χ2v) is 7.48. The average molecular weight is 449 g/mol. The Hall–Kier alpha value is -4.41. The molecule has 0 unspecified atom stereocenters. The molecule has 0 radical (unpaired) electrons. The smallest absolute Gasteiger partial charge is 0.297 e. The van der Waals surface area contributed by atoms with Crippen molar-refractivity contribution in [3.05, 3.63) is 70.7 Å². The van der Waals surface area contributed by atoms with Crippen LogP contribution in [0.4, 0.5) is 11.6 Å². The van der Waals surface area contributed by atoms with E-state index in [0.29, 0.717) is 18.2 Å². The highest BCUT2D eigenvalue weighted by Crippen LogP contribution is 2.22. The third-order valence-corrected chi connectivity index (χ3v) is 5.06. The van der Waals surface area contributed by atoms with Crippen LogP contribution >= 0.6 is 0 Å². The van der Waals surface area contributed by atoms with Gasteiger partial charge in [-0.15, -0.1) is 0 Å². The van der Waals surface area contributed by atoms with Crippen LogP contribution < -0.4 is 20.5 Å². The van der Waals surface area contributed by atoms with Gasteiger partial charge in [-0.1, -0.05) is 23.4 Å². The zero-order valence-corrected chi connectivity index (χ0v) is 18.6. The van der Waals surface area contributed by atoms with Crippen LogP contribution in [0.5, 0.6) is 5.75 Å². The average Bonchev–Trinajstić information content (AvgIpc) is 3.47. The number of anilines is 2. The number of benzene rings is 1. The lowest BCUT2D eigenvalue weighted by Crippen LogP contribution is -2.32. The Kier molecular flexibility index (Phi) is 5.94. The molecule has 3 heterocycles. The topological polar surface area (TPSA) is 120 Å². The van der Waals surface area contributed by atoms with Gasteiger partial charge in [0.25, 0.3) is 11.5 Å². The van der Waals surface area contributed by atoms with Crippen LogP contribution in [0.1, 0.15) is 16.1 Å². The highest BCUT2D eigenvalue weighted by molar-refractivity contribution is 6.04. The van der Waals surface area contributed by atoms with Gasteiger partial charge in [0.15, 0.2) is 5.69 Å². The highest BCUT2D eigenvalue weighted by Gasteiger charge is 2.23. The Morgan fingerprint density at radius 3 is 2.73 bits per heavy atom. The minimum absolute atomic E-state index is 0.132. The van der Waals surface area contributed by atoms with Crippen molar-refractivity contribution >= 4 is 17.5 Å². The summed E-state index contributed by atoms with van der Waals surface area (Å²) in [5.74, 6) is -0.453. The zero-order chi connectivity index (χ0) is 23.5. The number of hydrogen-bond donors (Lipinski definition) is 1. The molecule has 11 nitrogen and oxygen atoms in total. The lowest BCUT2D eigenvalue weighted by Gasteiger charge is -2.22. The molecule has 1 amide bonds. The van der Waals surface area contributed by atoms with Crippen LogP contribution in [-0.2, 0) is 20.6 Å². The molecule has 1 N–H and O–H groups in total. The molecule has 1 aromatic carbocycles. The molecule has 33 heavy (non-hydrogen) atoms. The number of nitrogens with zero attached hydrogens (tertiary/aromatic N) is 6. The van der Waals surface area contributed by atoms with Crippen LogP contribution in [0, 0.1) is 0 Å². The van der Waals surface area contributed by atoms with E-state index in [1.165, 1.54) is 24.1 Å². The second-order valence-electron chi connectivity index (χ2n) is 7.48. The molecule has 11 heteroatoms. The maximum absolute atomic E-state index is 12.9. The third-order valence-electron chi connectivity index (χ3n) is 5.06. The zero-order valence-electron chi connectivity index (χ0n) is 18.6. The molecule has 4 rings (SSSR count). The van der Waals surface area contributed by atoms with Gasteiger partial charge in [0.1, 0.15) is 12.0 Å². The number of carbonyl (C=O) groups excluding carboxylic acids is 1. The first kappa shape index (κ1) is 21.8. The van der Waals surface area contributed by atoms with E-state index in [1.807, 2.05) is 31.4 Å². The fourth-order valence-electron chi connectivity index (χ4n) is 3.47. The lowest BCUT2D eigenvalue weighted by atomic mass is 10.1. The third kappa shape index (κ3) is 4.47. The second kappa shape index (κ2) is 8.99. The van der Waals surface area contributed by atoms with Crippen molar-refractivity contribution in [2.24, 2.45) is 14.1 Å². The maximum Gasteiger partial charge on any atom is 0.297 e. The van der Waals surface area contributed by atoms with E-state index >= 15 is 0 Å². The predicted molar refractivity (Wildman–Crippen MR) is 121 cm³/mol. The number of aromatic nitrogens is 5. The van der Waals surface area contributed by atoms with E-state index in [2.05, 4.69) is 26.6 Å². The van der Waals surface area contributed by atoms with Gasteiger partial charge >= 0.3 is 0 Å². The van der Waals surface area contributed by atoms with Crippen LogP contribution in [0.3, 0.4) is 0 Å². The van der Waals surface area contributed by atoms with E-state index in [1.54, 1.807) is 29.9 Å². The monoisotopic (exact) mass is 449 g/mol. The first-order valence-electron chi connectivity index (χ1n) is 10.0. The molecule has 0 aliphatic carbocycles. The van der Waals surface area contributed by atoms with Gasteiger partial charge in [0.05, 0.1) is 19.5 Å². The van der Waals surface area contributed by atoms with Crippen molar-refractivity contribution in [3.63, 3.8) is 0 Å². The van der Waals surface area contributed by atoms with E-state index < -0.39 is 11.5 Å². The minimum Gasteiger partial charge on any atom is -0.489 e. The van der Waals surface area contributed by atoms with Gasteiger partial charge in [-0.05, 0) is 17.2 Å². The van der Waals surface area contributed by atoms with Crippen molar-refractivity contribution in [3.8, 4) is 16.9 Å². The molecule has 3 aromatic heterocycles. The first-order valence-corrected chi connectivity index (χ1v) is 10.0. The Labute approximate surface area is 189 Å². The summed E-state index contributed by atoms with van der Waals surface area (Å²) in [6.45, 7) is 0.452. The maximum atomic E-state index is 12.9. The van der Waals surface area contributed by atoms with E-state index in [0.717, 1.165) is 16.7 Å². The van der Waals surface area contributed by atoms with Crippen molar-refractivity contribution in [1.29, 1.82) is 0 Å². The van der Waals surface area contributed by atoms with Crippen molar-refractivity contribution < 1.29 is 14.1 Å². The van der Waals surface area contributed by atoms with E-state index in [4.69, 9.17) is 9.26 Å². The fourth-order valence-corrected chi connectivity index (χ4v) is 3.47. The summed E-state index contributed by atoms with van der Waals surface area (Å²) in [4.78, 5) is 31.9. The molecule has 0 atom stereocenters. The summed E-state index contributed by atoms with van der Waals surface area (Å²) < 4.78 is 13.0. The van der Waals surface area contributed by atoms with E-state index in [9.17, 15) is 9.59 Å². The Morgan fingerprint density at radius 2 is 2.06 bits per heavy atom. The van der Waals surface area contributed by atoms with Gasteiger partial charge < -0.3 is 19.5 Å². The van der Waals surface area contributed by atoms with Crippen molar-refractivity contribution in [2.45, 2.75) is 6.54 Å². The normalized spacial score (nSPS) is 10.8. The number of methoxy groups -OCH3 is 1. The highest BCUT2D eigenvalue weighted by atomic mass is 16.5. The number of amides is 1. The number of aryl methyl sites for hydroxylation is 1. The summed E-state index contributed by atoms with van der Waals surface area (Å²) in [5, 5.41) is 10.4. The molecule has 0 spiro atoms. The molecule has 4 aromatic rings. The fraction of sp³-hybridized carbons (Fsp3) is 0.227. The lowest BCUT2D eigenvalue weighted by molar-refractivity contribution is 0.101. The van der Waals surface area contributed by atoms with Crippen LogP contribution in [-0.4, -0.2) is 44.6 Å². The summed E-state index contributed by atoms with van der Waals surface area (Å²) in [6, 6.07) is 8.01. The number of carbonyl (C=O) groups is 1. The van der Waals surface area contributed by atoms with Crippen LogP contribution in [0.25, 0.3) is 11.1 Å². The molecule has 0 bridgehead atoms. The summed E-state index contributed by atoms with van der Waals surface area (Å²) in [6.07, 6.45) is 6.36. The molecule has 0 saturated heterocycles.